The van der Waals surface area contributed by atoms with Crippen molar-refractivity contribution < 1.29 is 0 Å². The largest absolute Gasteiger partial charge is 0.317 e. The molecule has 72 valence electrons. The van der Waals surface area contributed by atoms with Gasteiger partial charge in [-0.15, -0.1) is 0 Å². The first-order valence-electron chi connectivity index (χ1n) is 5.48. The molecule has 0 aromatic carbocycles. The summed E-state index contributed by atoms with van der Waals surface area (Å²) in [6.07, 6.45) is 4.36. The summed E-state index contributed by atoms with van der Waals surface area (Å²) in [5.74, 6) is 3.03. The quantitative estimate of drug-likeness (QED) is 0.644. The first kappa shape index (κ1) is 10.0. The lowest BCUT2D eigenvalue weighted by atomic mass is 10.0. The lowest BCUT2D eigenvalue weighted by Crippen LogP contribution is -2.20. The van der Waals surface area contributed by atoms with Gasteiger partial charge in [-0.1, -0.05) is 27.2 Å². The van der Waals surface area contributed by atoms with Gasteiger partial charge < -0.3 is 5.32 Å². The van der Waals surface area contributed by atoms with E-state index in [9.17, 15) is 0 Å². The van der Waals surface area contributed by atoms with Gasteiger partial charge in [0.2, 0.25) is 0 Å². The van der Waals surface area contributed by atoms with E-state index in [4.69, 9.17) is 0 Å². The smallest absolute Gasteiger partial charge is 0.00232 e. The molecule has 1 aliphatic rings. The van der Waals surface area contributed by atoms with Gasteiger partial charge in [0.1, 0.15) is 0 Å². The minimum absolute atomic E-state index is 0.881. The van der Waals surface area contributed by atoms with Crippen molar-refractivity contribution in [1.82, 2.24) is 5.32 Å². The maximum absolute atomic E-state index is 3.41. The van der Waals surface area contributed by atoms with Crippen molar-refractivity contribution in [1.29, 1.82) is 0 Å². The lowest BCUT2D eigenvalue weighted by Gasteiger charge is -2.10. The highest BCUT2D eigenvalue weighted by molar-refractivity contribution is 4.86. The zero-order valence-electron chi connectivity index (χ0n) is 8.77. The van der Waals surface area contributed by atoms with E-state index in [2.05, 4.69) is 26.1 Å². The summed E-state index contributed by atoms with van der Waals surface area (Å²) in [6.45, 7) is 9.20. The second-order valence-corrected chi connectivity index (χ2v) is 4.31. The SMILES string of the molecule is CCNCC(C)C[C@@H]1CC1CC. The van der Waals surface area contributed by atoms with Crippen LogP contribution in [0.25, 0.3) is 0 Å². The fourth-order valence-corrected chi connectivity index (χ4v) is 2.09. The van der Waals surface area contributed by atoms with Crippen molar-refractivity contribution in [2.24, 2.45) is 17.8 Å². The molecule has 0 amide bonds. The zero-order valence-corrected chi connectivity index (χ0v) is 8.77. The first-order chi connectivity index (χ1) is 5.77. The number of nitrogens with one attached hydrogen (secondary N) is 1. The molecule has 1 saturated carbocycles. The van der Waals surface area contributed by atoms with Crippen LogP contribution in [-0.4, -0.2) is 13.1 Å². The monoisotopic (exact) mass is 169 g/mol. The lowest BCUT2D eigenvalue weighted by molar-refractivity contribution is 0.446. The van der Waals surface area contributed by atoms with Gasteiger partial charge in [-0.3, -0.25) is 0 Å². The Morgan fingerprint density at radius 1 is 1.33 bits per heavy atom. The van der Waals surface area contributed by atoms with Gasteiger partial charge in [-0.05, 0) is 43.7 Å². The van der Waals surface area contributed by atoms with Crippen molar-refractivity contribution >= 4 is 0 Å². The van der Waals surface area contributed by atoms with Crippen molar-refractivity contribution in [3.8, 4) is 0 Å². The third kappa shape index (κ3) is 3.14. The standard InChI is InChI=1S/C11H23N/c1-4-10-7-11(10)6-9(3)8-12-5-2/h9-12H,4-8H2,1-3H3/t9?,10?,11-/m1/s1. The Balaban J connectivity index is 1.99. The number of rotatable bonds is 6. The molecule has 0 heterocycles. The zero-order chi connectivity index (χ0) is 8.97. The highest BCUT2D eigenvalue weighted by Crippen LogP contribution is 2.44. The summed E-state index contributed by atoms with van der Waals surface area (Å²) in [5.41, 5.74) is 0. The molecule has 0 bridgehead atoms. The van der Waals surface area contributed by atoms with Gasteiger partial charge >= 0.3 is 0 Å². The second-order valence-electron chi connectivity index (χ2n) is 4.31. The van der Waals surface area contributed by atoms with Crippen LogP contribution in [-0.2, 0) is 0 Å². The predicted octanol–water partition coefficient (Wildman–Crippen LogP) is 2.67. The Morgan fingerprint density at radius 2 is 2.08 bits per heavy atom. The maximum Gasteiger partial charge on any atom is -0.00232 e. The van der Waals surface area contributed by atoms with Crippen molar-refractivity contribution in [3.63, 3.8) is 0 Å². The average Bonchev–Trinajstić information content (AvgIpc) is 2.80. The summed E-state index contributed by atoms with van der Waals surface area (Å²) in [5, 5.41) is 3.41. The predicted molar refractivity (Wildman–Crippen MR) is 54.2 cm³/mol. The summed E-state index contributed by atoms with van der Waals surface area (Å²) >= 11 is 0. The van der Waals surface area contributed by atoms with E-state index < -0.39 is 0 Å². The Labute approximate surface area is 76.9 Å². The number of hydrogen-bond acceptors (Lipinski definition) is 1. The molecular formula is C11H23N. The van der Waals surface area contributed by atoms with Crippen molar-refractivity contribution in [2.45, 2.75) is 40.0 Å². The number of hydrogen-bond donors (Lipinski definition) is 1. The van der Waals surface area contributed by atoms with Crippen molar-refractivity contribution in [3.05, 3.63) is 0 Å². The maximum atomic E-state index is 3.41. The molecule has 0 aliphatic heterocycles. The third-order valence-electron chi connectivity index (χ3n) is 3.04. The van der Waals surface area contributed by atoms with E-state index in [1.165, 1.54) is 25.8 Å². The average molecular weight is 169 g/mol. The van der Waals surface area contributed by atoms with Crippen LogP contribution in [0.3, 0.4) is 0 Å². The van der Waals surface area contributed by atoms with Gasteiger partial charge in [-0.2, -0.15) is 0 Å². The van der Waals surface area contributed by atoms with Crippen LogP contribution in [0.2, 0.25) is 0 Å². The van der Waals surface area contributed by atoms with Crippen LogP contribution in [0.1, 0.15) is 40.0 Å². The van der Waals surface area contributed by atoms with Crippen molar-refractivity contribution in [2.75, 3.05) is 13.1 Å². The molecule has 1 aliphatic carbocycles. The molecule has 3 atom stereocenters. The van der Waals surface area contributed by atoms with E-state index in [-0.39, 0.29) is 0 Å². The fraction of sp³-hybridized carbons (Fsp3) is 1.00. The summed E-state index contributed by atoms with van der Waals surface area (Å²) in [4.78, 5) is 0. The molecule has 0 radical (unpaired) electrons. The van der Waals surface area contributed by atoms with Gasteiger partial charge in [0.15, 0.2) is 0 Å². The van der Waals surface area contributed by atoms with E-state index >= 15 is 0 Å². The summed E-state index contributed by atoms with van der Waals surface area (Å²) in [7, 11) is 0. The second kappa shape index (κ2) is 4.86. The van der Waals surface area contributed by atoms with Gasteiger partial charge in [0.25, 0.3) is 0 Å². The molecule has 1 fully saturated rings. The molecule has 0 aromatic rings. The molecule has 0 saturated heterocycles. The van der Waals surface area contributed by atoms with Crippen LogP contribution in [0.15, 0.2) is 0 Å². The molecule has 1 heteroatoms. The molecule has 12 heavy (non-hydrogen) atoms. The summed E-state index contributed by atoms with van der Waals surface area (Å²) in [6, 6.07) is 0. The Bertz CT molecular complexity index is 122. The molecule has 2 unspecified atom stereocenters. The van der Waals surface area contributed by atoms with Crippen LogP contribution in [0.4, 0.5) is 0 Å². The fourth-order valence-electron chi connectivity index (χ4n) is 2.09. The van der Waals surface area contributed by atoms with Crippen LogP contribution < -0.4 is 5.32 Å². The van der Waals surface area contributed by atoms with Gasteiger partial charge in [0.05, 0.1) is 0 Å². The minimum Gasteiger partial charge on any atom is -0.317 e. The molecule has 1 nitrogen and oxygen atoms in total. The van der Waals surface area contributed by atoms with Crippen LogP contribution >= 0.6 is 0 Å². The molecule has 1 rings (SSSR count). The van der Waals surface area contributed by atoms with E-state index in [1.807, 2.05) is 0 Å². The third-order valence-corrected chi connectivity index (χ3v) is 3.04. The van der Waals surface area contributed by atoms with Crippen LogP contribution in [0.5, 0.6) is 0 Å². The summed E-state index contributed by atoms with van der Waals surface area (Å²) < 4.78 is 0. The normalized spacial score (nSPS) is 30.2. The molecular weight excluding hydrogens is 146 g/mol. The van der Waals surface area contributed by atoms with Gasteiger partial charge in [-0.25, -0.2) is 0 Å². The Hall–Kier alpha value is -0.0400. The molecule has 1 N–H and O–H groups in total. The molecule has 0 spiro atoms. The highest BCUT2D eigenvalue weighted by atomic mass is 14.8. The van der Waals surface area contributed by atoms with E-state index in [0.29, 0.717) is 0 Å². The van der Waals surface area contributed by atoms with E-state index in [0.717, 1.165) is 24.3 Å². The first-order valence-corrected chi connectivity index (χ1v) is 5.48. The van der Waals surface area contributed by atoms with Gasteiger partial charge in [0, 0.05) is 0 Å². The minimum atomic E-state index is 0.881. The van der Waals surface area contributed by atoms with E-state index in [1.54, 1.807) is 0 Å². The van der Waals surface area contributed by atoms with Crippen LogP contribution in [0, 0.1) is 17.8 Å². The topological polar surface area (TPSA) is 12.0 Å². The Morgan fingerprint density at radius 3 is 2.58 bits per heavy atom. The molecule has 0 aromatic heterocycles. The Kier molecular flexibility index (Phi) is 4.07. The highest BCUT2D eigenvalue weighted by Gasteiger charge is 2.35.